The summed E-state index contributed by atoms with van der Waals surface area (Å²) in [7, 11) is 0. The molecule has 4 heterocycles. The highest BCUT2D eigenvalue weighted by molar-refractivity contribution is 7.00. The van der Waals surface area contributed by atoms with Crippen molar-refractivity contribution < 1.29 is 9.53 Å². The number of rotatable bonds is 11. The number of carbonyl (C=O) groups is 1. The minimum absolute atomic E-state index is 0.0612. The van der Waals surface area contributed by atoms with Gasteiger partial charge in [0.15, 0.2) is 17.5 Å². The monoisotopic (exact) mass is 1100 g/mol. The summed E-state index contributed by atoms with van der Waals surface area (Å²) < 4.78 is 8.21. The van der Waals surface area contributed by atoms with Gasteiger partial charge in [-0.25, -0.2) is 19.7 Å². The molecule has 9 heteroatoms. The van der Waals surface area contributed by atoms with E-state index in [0.717, 1.165) is 89.1 Å². The van der Waals surface area contributed by atoms with Crippen molar-refractivity contribution in [3.05, 3.63) is 308 Å². The maximum atomic E-state index is 13.9. The molecule has 0 fully saturated rings. The zero-order valence-corrected chi connectivity index (χ0v) is 46.6. The van der Waals surface area contributed by atoms with Gasteiger partial charge in [-0.15, -0.1) is 0 Å². The van der Waals surface area contributed by atoms with Gasteiger partial charge in [-0.3, -0.25) is 0 Å². The average Bonchev–Trinajstić information content (AvgIpc) is 0.877. The molecule has 2 aliphatic rings. The van der Waals surface area contributed by atoms with Gasteiger partial charge >= 0.3 is 5.97 Å². The lowest BCUT2D eigenvalue weighted by Crippen LogP contribution is -2.61. The normalized spacial score (nSPS) is 12.2. The van der Waals surface area contributed by atoms with Crippen LogP contribution in [0.3, 0.4) is 0 Å². The van der Waals surface area contributed by atoms with E-state index in [1.54, 1.807) is 0 Å². The van der Waals surface area contributed by atoms with Crippen LogP contribution in [0.5, 0.6) is 0 Å². The Labute approximate surface area is 498 Å². The van der Waals surface area contributed by atoms with Crippen LogP contribution in [0.15, 0.2) is 297 Å². The van der Waals surface area contributed by atoms with Gasteiger partial charge in [0.1, 0.15) is 6.61 Å². The summed E-state index contributed by atoms with van der Waals surface area (Å²) in [5, 5.41) is 1.90. The number of hydrogen-bond acceptors (Lipinski definition) is 7. The van der Waals surface area contributed by atoms with Crippen LogP contribution >= 0.6 is 0 Å². The van der Waals surface area contributed by atoms with E-state index < -0.39 is 0 Å². The lowest BCUT2D eigenvalue weighted by Gasteiger charge is -2.44. The molecular weight excluding hydrogens is 1050 g/mol. The van der Waals surface area contributed by atoms with Crippen molar-refractivity contribution in [1.82, 2.24) is 19.5 Å². The molecule has 404 valence electrons. The number of aromatic nitrogens is 4. The zero-order valence-electron chi connectivity index (χ0n) is 46.6. The van der Waals surface area contributed by atoms with Crippen molar-refractivity contribution in [1.29, 1.82) is 0 Å². The Hall–Kier alpha value is -11.4. The van der Waals surface area contributed by atoms with E-state index in [1.807, 2.05) is 115 Å². The molecule has 0 saturated heterocycles. The van der Waals surface area contributed by atoms with Gasteiger partial charge in [0.05, 0.1) is 22.3 Å². The van der Waals surface area contributed by atoms with Crippen molar-refractivity contribution in [2.45, 2.75) is 6.61 Å². The number of ether oxygens (including phenoxy) is 1. The molecule has 16 rings (SSSR count). The van der Waals surface area contributed by atoms with Crippen LogP contribution in [-0.4, -0.2) is 32.2 Å². The van der Waals surface area contributed by atoms with Gasteiger partial charge in [0.25, 0.3) is 6.71 Å². The fourth-order valence-corrected chi connectivity index (χ4v) is 12.9. The van der Waals surface area contributed by atoms with Gasteiger partial charge in [0.2, 0.25) is 0 Å². The molecule has 86 heavy (non-hydrogen) atoms. The largest absolute Gasteiger partial charge is 0.457 e. The second-order valence-electron chi connectivity index (χ2n) is 21.8. The van der Waals surface area contributed by atoms with E-state index in [4.69, 9.17) is 19.7 Å². The van der Waals surface area contributed by atoms with Crippen molar-refractivity contribution in [3.63, 3.8) is 0 Å². The summed E-state index contributed by atoms with van der Waals surface area (Å²) in [5.41, 5.74) is 21.6. The Balaban J connectivity index is 0.840. The lowest BCUT2D eigenvalue weighted by atomic mass is 9.33. The highest BCUT2D eigenvalue weighted by Gasteiger charge is 2.43. The third-order valence-electron chi connectivity index (χ3n) is 16.8. The summed E-state index contributed by atoms with van der Waals surface area (Å²) in [5.74, 6) is 1.27. The number of benzene rings is 12. The second kappa shape index (κ2) is 21.1. The van der Waals surface area contributed by atoms with E-state index in [-0.39, 0.29) is 19.3 Å². The maximum Gasteiger partial charge on any atom is 0.338 e. The van der Waals surface area contributed by atoms with Gasteiger partial charge in [-0.2, -0.15) is 0 Å². The molecule has 8 nitrogen and oxygen atoms in total. The minimum atomic E-state index is -0.389. The predicted molar refractivity (Wildman–Crippen MR) is 351 cm³/mol. The van der Waals surface area contributed by atoms with Gasteiger partial charge < -0.3 is 19.1 Å². The number of anilines is 6. The van der Waals surface area contributed by atoms with Crippen LogP contribution in [0.2, 0.25) is 0 Å². The van der Waals surface area contributed by atoms with E-state index in [1.165, 1.54) is 33.5 Å². The molecule has 2 aliphatic heterocycles. The van der Waals surface area contributed by atoms with Crippen LogP contribution in [0.1, 0.15) is 15.9 Å². The average molecular weight is 1100 g/mol. The summed E-state index contributed by atoms with van der Waals surface area (Å²) in [6, 6.07) is 104. The Kier molecular flexibility index (Phi) is 12.3. The number of carbonyl (C=O) groups excluding carboxylic acids is 1. The highest BCUT2D eigenvalue weighted by Crippen LogP contribution is 2.46. The summed E-state index contributed by atoms with van der Waals surface area (Å²) in [4.78, 5) is 34.5. The first-order chi connectivity index (χ1) is 42.6. The number of para-hydroxylation sites is 5. The number of fused-ring (bicyclic) bond motifs is 7. The fourth-order valence-electron chi connectivity index (χ4n) is 12.9. The molecule has 0 saturated carbocycles. The summed E-state index contributed by atoms with van der Waals surface area (Å²) in [6.07, 6.45) is 0. The maximum absolute atomic E-state index is 13.9. The molecule has 14 aromatic rings. The Morgan fingerprint density at radius 3 is 1.55 bits per heavy atom. The zero-order chi connectivity index (χ0) is 57.1. The van der Waals surface area contributed by atoms with Crippen LogP contribution in [0, 0.1) is 0 Å². The first-order valence-corrected chi connectivity index (χ1v) is 29.0. The van der Waals surface area contributed by atoms with Crippen molar-refractivity contribution in [2.24, 2.45) is 0 Å². The molecule has 0 aliphatic carbocycles. The highest BCUT2D eigenvalue weighted by atomic mass is 16.5. The molecule has 0 N–H and O–H groups in total. The minimum Gasteiger partial charge on any atom is -0.457 e. The molecule has 0 amide bonds. The quantitative estimate of drug-likeness (QED) is 0.0943. The molecule has 0 spiro atoms. The van der Waals surface area contributed by atoms with Crippen molar-refractivity contribution in [3.8, 4) is 62.1 Å². The van der Waals surface area contributed by atoms with E-state index in [9.17, 15) is 4.79 Å². The van der Waals surface area contributed by atoms with E-state index >= 15 is 0 Å². The molecule has 0 bridgehead atoms. The topological polar surface area (TPSA) is 76.4 Å². The van der Waals surface area contributed by atoms with E-state index in [0.29, 0.717) is 23.0 Å². The smallest absolute Gasteiger partial charge is 0.338 e. The predicted octanol–water partition coefficient (Wildman–Crippen LogP) is 16.7. The molecular formula is C77H51BN6O2. The summed E-state index contributed by atoms with van der Waals surface area (Å²) >= 11 is 0. The Morgan fingerprint density at radius 2 is 0.872 bits per heavy atom. The number of nitrogens with zero attached hydrogens (tertiary/aromatic N) is 6. The van der Waals surface area contributed by atoms with Crippen molar-refractivity contribution >= 4 is 85.0 Å². The van der Waals surface area contributed by atoms with Crippen LogP contribution in [0.4, 0.5) is 34.1 Å². The summed E-state index contributed by atoms with van der Waals surface area (Å²) in [6.45, 7) is 0.236. The molecule has 0 unspecified atom stereocenters. The van der Waals surface area contributed by atoms with Crippen LogP contribution in [-0.2, 0) is 11.3 Å². The Morgan fingerprint density at radius 1 is 0.372 bits per heavy atom. The van der Waals surface area contributed by atoms with Crippen molar-refractivity contribution in [2.75, 3.05) is 9.80 Å². The van der Waals surface area contributed by atoms with Gasteiger partial charge in [-0.05, 0) is 124 Å². The van der Waals surface area contributed by atoms with Gasteiger partial charge in [-0.1, -0.05) is 212 Å². The number of esters is 1. The van der Waals surface area contributed by atoms with Crippen LogP contribution < -0.4 is 26.2 Å². The standard InChI is InChI=1S/C77H51BN6O2/c85-77(86-50-51-22-5-1-6-23-51)57-44-47-67-63(49-57)61-32-13-16-37-66(61)84(67)73-60(33-20-34-62(73)76-80-74(53-24-7-2-8-25-53)79-75(81-76)54-26-9-3-10-27-54)56-29-19-28-55(48-56)52-42-45-59(46-43-52)83-69-39-18-15-36-65(69)78-64-35-14-17-38-68(64)82(58-30-11-4-12-31-58)70-40-21-41-71(83)72(70)78/h1-49H,50H2. The fraction of sp³-hybridized carbons (Fsp3) is 0.0130. The Bertz CT molecular complexity index is 4860. The SMILES string of the molecule is O=C(OCc1ccccc1)c1ccc2c(c1)c1ccccc1n2-c1c(-c2cccc(-c3ccc(N4c5ccccc5B5c6ccccc6N(c6ccccc6)c6cccc4c65)cc3)c2)cccc1-c1nc(-c2ccccc2)nc(-c2ccccc2)n1. The van der Waals surface area contributed by atoms with Crippen LogP contribution in [0.25, 0.3) is 83.9 Å². The second-order valence-corrected chi connectivity index (χ2v) is 21.8. The lowest BCUT2D eigenvalue weighted by molar-refractivity contribution is 0.0473. The first kappa shape index (κ1) is 50.3. The first-order valence-electron chi connectivity index (χ1n) is 29.0. The third kappa shape index (κ3) is 8.63. The number of hydrogen-bond donors (Lipinski definition) is 0. The van der Waals surface area contributed by atoms with E-state index in [2.05, 4.69) is 196 Å². The molecule has 0 radical (unpaired) electrons. The molecule has 0 atom stereocenters. The molecule has 2 aromatic heterocycles. The molecule has 12 aromatic carbocycles. The van der Waals surface area contributed by atoms with Gasteiger partial charge in [0, 0.05) is 67.2 Å². The third-order valence-corrected chi connectivity index (χ3v) is 16.8.